The summed E-state index contributed by atoms with van der Waals surface area (Å²) in [4.78, 5) is 42.3. The molecule has 11 heteroatoms. The summed E-state index contributed by atoms with van der Waals surface area (Å²) >= 11 is 0.802. The van der Waals surface area contributed by atoms with E-state index in [1.165, 1.54) is 42.5 Å². The molecule has 0 spiro atoms. The summed E-state index contributed by atoms with van der Waals surface area (Å²) in [5.74, 6) is -0.734. The Labute approximate surface area is 203 Å². The molecule has 0 bridgehead atoms. The Morgan fingerprint density at radius 3 is 2.46 bits per heavy atom. The molecule has 0 radical (unpaired) electrons. The van der Waals surface area contributed by atoms with Crippen LogP contribution in [0.2, 0.25) is 0 Å². The average molecular weight is 499 g/mol. The minimum Gasteiger partial charge on any atom is -0.354 e. The second-order valence-electron chi connectivity index (χ2n) is 7.61. The van der Waals surface area contributed by atoms with Gasteiger partial charge in [0.15, 0.2) is 0 Å². The molecule has 0 atom stereocenters. The molecule has 4 rings (SSSR count). The number of carbonyl (C=O) groups excluding carboxylic acids is 3. The van der Waals surface area contributed by atoms with Crippen LogP contribution in [0, 0.1) is 11.6 Å². The van der Waals surface area contributed by atoms with Crippen molar-refractivity contribution in [2.75, 3.05) is 13.1 Å². The van der Waals surface area contributed by atoms with E-state index >= 15 is 0 Å². The number of imide groups is 1. The molecule has 1 N–H and O–H groups in total. The summed E-state index contributed by atoms with van der Waals surface area (Å²) in [6, 6.07) is 11.3. The molecular formula is C24H20F2N4O4S. The number of hydrogen-bond donors (Lipinski definition) is 1. The number of nitrogens with zero attached hydrogens (tertiary/aromatic N) is 3. The molecule has 35 heavy (non-hydrogen) atoms. The van der Waals surface area contributed by atoms with E-state index in [1.54, 1.807) is 12.1 Å². The first-order chi connectivity index (χ1) is 16.9. The Balaban J connectivity index is 1.19. The second kappa shape index (κ2) is 11.0. The molecule has 1 aromatic heterocycles. The second-order valence-corrected chi connectivity index (χ2v) is 8.60. The molecule has 1 aliphatic heterocycles. The van der Waals surface area contributed by atoms with Crippen LogP contribution in [0.15, 0.2) is 58.0 Å². The normalized spacial score (nSPS) is 14.7. The van der Waals surface area contributed by atoms with Crippen LogP contribution in [0.5, 0.6) is 0 Å². The molecule has 0 aliphatic carbocycles. The zero-order valence-electron chi connectivity index (χ0n) is 18.4. The average Bonchev–Trinajstić information content (AvgIpc) is 3.41. The lowest BCUT2D eigenvalue weighted by atomic mass is 10.2. The van der Waals surface area contributed by atoms with Gasteiger partial charge < -0.3 is 9.84 Å². The summed E-state index contributed by atoms with van der Waals surface area (Å²) in [7, 11) is 0. The third-order valence-electron chi connectivity index (χ3n) is 5.06. The lowest BCUT2D eigenvalue weighted by Gasteiger charge is -2.12. The Bertz CT molecular complexity index is 1260. The Hall–Kier alpha value is -3.86. The topological polar surface area (TPSA) is 105 Å². The molecule has 0 saturated carbocycles. The predicted molar refractivity (Wildman–Crippen MR) is 125 cm³/mol. The molecule has 1 fully saturated rings. The van der Waals surface area contributed by atoms with Gasteiger partial charge in [0, 0.05) is 31.5 Å². The number of carbonyl (C=O) groups is 3. The number of amides is 3. The first-order valence-electron chi connectivity index (χ1n) is 10.8. The smallest absolute Gasteiger partial charge is 0.293 e. The molecule has 0 unspecified atom stereocenters. The minimum absolute atomic E-state index is 0.0435. The number of halogens is 2. The van der Waals surface area contributed by atoms with E-state index in [1.807, 2.05) is 0 Å². The van der Waals surface area contributed by atoms with Crippen molar-refractivity contribution in [1.82, 2.24) is 20.4 Å². The van der Waals surface area contributed by atoms with E-state index in [2.05, 4.69) is 15.5 Å². The molecule has 1 aliphatic rings. The van der Waals surface area contributed by atoms with Crippen molar-refractivity contribution >= 4 is 34.9 Å². The highest BCUT2D eigenvalue weighted by molar-refractivity contribution is 8.18. The van der Waals surface area contributed by atoms with Gasteiger partial charge >= 0.3 is 0 Å². The first-order valence-corrected chi connectivity index (χ1v) is 11.6. The van der Waals surface area contributed by atoms with Crippen molar-refractivity contribution in [3.8, 4) is 11.4 Å². The van der Waals surface area contributed by atoms with E-state index in [0.717, 1.165) is 16.7 Å². The summed E-state index contributed by atoms with van der Waals surface area (Å²) in [6.07, 6.45) is 2.57. The van der Waals surface area contributed by atoms with Crippen molar-refractivity contribution in [1.29, 1.82) is 0 Å². The van der Waals surface area contributed by atoms with Gasteiger partial charge in [-0.15, -0.1) is 0 Å². The first kappa shape index (κ1) is 24.3. The molecule has 1 saturated heterocycles. The Kier molecular flexibility index (Phi) is 7.66. The largest absolute Gasteiger partial charge is 0.354 e. The van der Waals surface area contributed by atoms with Crippen molar-refractivity contribution in [3.63, 3.8) is 0 Å². The molecule has 3 aromatic rings. The lowest BCUT2D eigenvalue weighted by Crippen LogP contribution is -2.37. The fraction of sp³-hybridized carbons (Fsp3) is 0.208. The Morgan fingerprint density at radius 1 is 1.06 bits per heavy atom. The number of nitrogens with one attached hydrogen (secondary N) is 1. The van der Waals surface area contributed by atoms with Crippen LogP contribution >= 0.6 is 11.8 Å². The SMILES string of the molecule is O=C(CCCc1nc(-c2ccc(F)cc2)no1)NCCN1C(=O)S/C(=C\c2ccc(F)cc2)C1=O. The van der Waals surface area contributed by atoms with Gasteiger partial charge in [0.1, 0.15) is 11.6 Å². The predicted octanol–water partition coefficient (Wildman–Crippen LogP) is 4.19. The van der Waals surface area contributed by atoms with Crippen LogP contribution in [0.25, 0.3) is 17.5 Å². The van der Waals surface area contributed by atoms with Crippen LogP contribution in [-0.4, -0.2) is 45.2 Å². The van der Waals surface area contributed by atoms with E-state index < -0.39 is 17.0 Å². The molecule has 180 valence electrons. The van der Waals surface area contributed by atoms with Gasteiger partial charge in [-0.2, -0.15) is 4.98 Å². The highest BCUT2D eigenvalue weighted by Gasteiger charge is 2.34. The van der Waals surface area contributed by atoms with Gasteiger partial charge in [0.2, 0.25) is 17.6 Å². The van der Waals surface area contributed by atoms with Crippen molar-refractivity contribution in [2.24, 2.45) is 0 Å². The third kappa shape index (κ3) is 6.38. The summed E-state index contributed by atoms with van der Waals surface area (Å²) in [5, 5.41) is 6.12. The monoisotopic (exact) mass is 498 g/mol. The van der Waals surface area contributed by atoms with Crippen molar-refractivity contribution in [2.45, 2.75) is 19.3 Å². The molecule has 3 amide bonds. The minimum atomic E-state index is -0.452. The molecule has 8 nitrogen and oxygen atoms in total. The Morgan fingerprint density at radius 2 is 1.74 bits per heavy atom. The maximum atomic E-state index is 13.0. The van der Waals surface area contributed by atoms with Gasteiger partial charge in [-0.3, -0.25) is 19.3 Å². The number of aromatic nitrogens is 2. The molecule has 2 heterocycles. The van der Waals surface area contributed by atoms with Crippen LogP contribution in [0.4, 0.5) is 13.6 Å². The summed E-state index contributed by atoms with van der Waals surface area (Å²) < 4.78 is 31.2. The van der Waals surface area contributed by atoms with Crippen molar-refractivity contribution < 1.29 is 27.7 Å². The standard InChI is InChI=1S/C24H20F2N4O4S/c25-17-8-4-15(5-9-17)14-19-23(32)30(24(33)35-19)13-12-27-20(31)2-1-3-21-28-22(29-34-21)16-6-10-18(26)11-7-16/h4-11,14H,1-3,12-13H2,(H,27,31)/b19-14-. The number of hydrogen-bond acceptors (Lipinski definition) is 7. The highest BCUT2D eigenvalue weighted by atomic mass is 32.2. The lowest BCUT2D eigenvalue weighted by molar-refractivity contribution is -0.124. The molecule has 2 aromatic carbocycles. The number of benzene rings is 2. The molecular weight excluding hydrogens is 478 g/mol. The van der Waals surface area contributed by atoms with E-state index in [4.69, 9.17) is 4.52 Å². The van der Waals surface area contributed by atoms with Gasteiger partial charge in [0.05, 0.1) is 4.91 Å². The van der Waals surface area contributed by atoms with Gasteiger partial charge in [0.25, 0.3) is 11.1 Å². The zero-order valence-corrected chi connectivity index (χ0v) is 19.2. The number of thioether (sulfide) groups is 1. The number of rotatable bonds is 9. The number of aryl methyl sites for hydroxylation is 1. The van der Waals surface area contributed by atoms with Gasteiger partial charge in [-0.25, -0.2) is 8.78 Å². The highest BCUT2D eigenvalue weighted by Crippen LogP contribution is 2.31. The van der Waals surface area contributed by atoms with Crippen molar-refractivity contribution in [3.05, 3.63) is 76.5 Å². The zero-order chi connectivity index (χ0) is 24.8. The summed E-state index contributed by atoms with van der Waals surface area (Å²) in [6.45, 7) is 0.165. The fourth-order valence-electron chi connectivity index (χ4n) is 3.27. The van der Waals surface area contributed by atoms with Crippen LogP contribution < -0.4 is 5.32 Å². The van der Waals surface area contributed by atoms with Crippen LogP contribution in [0.1, 0.15) is 24.3 Å². The van der Waals surface area contributed by atoms with E-state index in [9.17, 15) is 23.2 Å². The quantitative estimate of drug-likeness (QED) is 0.441. The van der Waals surface area contributed by atoms with Crippen LogP contribution in [-0.2, 0) is 16.0 Å². The van der Waals surface area contributed by atoms with E-state index in [0.29, 0.717) is 35.7 Å². The maximum Gasteiger partial charge on any atom is 0.293 e. The van der Waals surface area contributed by atoms with E-state index in [-0.39, 0.29) is 36.1 Å². The maximum absolute atomic E-state index is 13.0. The van der Waals surface area contributed by atoms with Gasteiger partial charge in [-0.1, -0.05) is 17.3 Å². The summed E-state index contributed by atoms with van der Waals surface area (Å²) in [5.41, 5.74) is 1.23. The van der Waals surface area contributed by atoms with Gasteiger partial charge in [-0.05, 0) is 66.2 Å². The third-order valence-corrected chi connectivity index (χ3v) is 5.97. The van der Waals surface area contributed by atoms with Crippen LogP contribution in [0.3, 0.4) is 0 Å². The fourth-order valence-corrected chi connectivity index (χ4v) is 4.14.